The van der Waals surface area contributed by atoms with Crippen molar-refractivity contribution >= 4 is 17.2 Å². The second-order valence-electron chi connectivity index (χ2n) is 3.03. The maximum absolute atomic E-state index is 4.91. The van der Waals surface area contributed by atoms with E-state index in [1.807, 2.05) is 20.8 Å². The molecule has 1 aliphatic heterocycles. The van der Waals surface area contributed by atoms with Gasteiger partial charge in [0.05, 0.1) is 4.99 Å². The van der Waals surface area contributed by atoms with Gasteiger partial charge in [-0.15, -0.1) is 0 Å². The van der Waals surface area contributed by atoms with Crippen molar-refractivity contribution in [1.29, 1.82) is 0 Å². The van der Waals surface area contributed by atoms with Gasteiger partial charge in [0.15, 0.2) is 0 Å². The topological polar surface area (TPSA) is 15.3 Å². The van der Waals surface area contributed by atoms with Gasteiger partial charge in [0.1, 0.15) is 0 Å². The van der Waals surface area contributed by atoms with E-state index in [9.17, 15) is 0 Å². The molecule has 0 bridgehead atoms. The summed E-state index contributed by atoms with van der Waals surface area (Å²) >= 11 is 4.91. The number of hydrogen-bond acceptors (Lipinski definition) is 2. The SMILES string of the molecule is CC.CC(=S)NCCN1CCCC1. The molecular formula is C10H22N2S. The number of likely N-dealkylation sites (tertiary alicyclic amines) is 1. The Morgan fingerprint density at radius 3 is 2.31 bits per heavy atom. The molecule has 1 saturated heterocycles. The van der Waals surface area contributed by atoms with Crippen LogP contribution < -0.4 is 5.32 Å². The molecule has 0 aliphatic carbocycles. The second kappa shape index (κ2) is 8.45. The molecule has 13 heavy (non-hydrogen) atoms. The first-order valence-electron chi connectivity index (χ1n) is 5.26. The number of rotatable bonds is 3. The van der Waals surface area contributed by atoms with Crippen LogP contribution in [0.1, 0.15) is 33.6 Å². The Labute approximate surface area is 87.7 Å². The van der Waals surface area contributed by atoms with Crippen LogP contribution in [0, 0.1) is 0 Å². The zero-order valence-corrected chi connectivity index (χ0v) is 9.91. The fourth-order valence-corrected chi connectivity index (χ4v) is 1.50. The molecule has 0 aromatic carbocycles. The van der Waals surface area contributed by atoms with Crippen LogP contribution >= 0.6 is 12.2 Å². The molecule has 0 atom stereocenters. The van der Waals surface area contributed by atoms with Gasteiger partial charge in [-0.1, -0.05) is 26.1 Å². The maximum Gasteiger partial charge on any atom is 0.0722 e. The lowest BCUT2D eigenvalue weighted by Gasteiger charge is -2.14. The van der Waals surface area contributed by atoms with Crippen LogP contribution in [0.3, 0.4) is 0 Å². The average molecular weight is 202 g/mol. The standard InChI is InChI=1S/C8H16N2S.C2H6/c1-8(11)9-4-7-10-5-2-3-6-10;1-2/h2-7H2,1H3,(H,9,11);1-2H3. The molecule has 78 valence electrons. The van der Waals surface area contributed by atoms with E-state index in [4.69, 9.17) is 12.2 Å². The average Bonchev–Trinajstić information content (AvgIpc) is 2.60. The van der Waals surface area contributed by atoms with Crippen molar-refractivity contribution in [2.24, 2.45) is 0 Å². The summed E-state index contributed by atoms with van der Waals surface area (Å²) in [7, 11) is 0. The summed E-state index contributed by atoms with van der Waals surface area (Å²) in [6, 6.07) is 0. The van der Waals surface area contributed by atoms with Crippen molar-refractivity contribution < 1.29 is 0 Å². The van der Waals surface area contributed by atoms with Crippen LogP contribution in [-0.2, 0) is 0 Å². The van der Waals surface area contributed by atoms with Crippen molar-refractivity contribution in [3.8, 4) is 0 Å². The molecule has 0 aromatic rings. The van der Waals surface area contributed by atoms with Crippen molar-refractivity contribution in [2.75, 3.05) is 26.2 Å². The van der Waals surface area contributed by atoms with Crippen LogP contribution in [0.2, 0.25) is 0 Å². The molecule has 1 N–H and O–H groups in total. The van der Waals surface area contributed by atoms with E-state index in [1.54, 1.807) is 0 Å². The lowest BCUT2D eigenvalue weighted by Crippen LogP contribution is -2.31. The van der Waals surface area contributed by atoms with Crippen LogP contribution in [-0.4, -0.2) is 36.1 Å². The summed E-state index contributed by atoms with van der Waals surface area (Å²) in [5, 5.41) is 3.16. The van der Waals surface area contributed by atoms with E-state index in [0.29, 0.717) is 0 Å². The van der Waals surface area contributed by atoms with Crippen LogP contribution in [0.25, 0.3) is 0 Å². The van der Waals surface area contributed by atoms with Crippen molar-refractivity contribution in [3.63, 3.8) is 0 Å². The summed E-state index contributed by atoms with van der Waals surface area (Å²) in [6.07, 6.45) is 2.74. The molecule has 0 aromatic heterocycles. The smallest absolute Gasteiger partial charge is 0.0722 e. The monoisotopic (exact) mass is 202 g/mol. The molecule has 1 aliphatic rings. The quantitative estimate of drug-likeness (QED) is 0.705. The third-order valence-electron chi connectivity index (χ3n) is 2.00. The van der Waals surface area contributed by atoms with Gasteiger partial charge >= 0.3 is 0 Å². The fourth-order valence-electron chi connectivity index (χ4n) is 1.40. The fraction of sp³-hybridized carbons (Fsp3) is 0.900. The minimum atomic E-state index is 0.907. The van der Waals surface area contributed by atoms with Gasteiger partial charge in [-0.25, -0.2) is 0 Å². The van der Waals surface area contributed by atoms with Gasteiger partial charge in [0.2, 0.25) is 0 Å². The van der Waals surface area contributed by atoms with Gasteiger partial charge in [-0.3, -0.25) is 0 Å². The lowest BCUT2D eigenvalue weighted by atomic mass is 10.4. The molecule has 1 fully saturated rings. The number of nitrogens with zero attached hydrogens (tertiary/aromatic N) is 1. The number of hydrogen-bond donors (Lipinski definition) is 1. The number of thiocarbonyl (C=S) groups is 1. The Balaban J connectivity index is 0.000000671. The van der Waals surface area contributed by atoms with E-state index in [2.05, 4.69) is 10.2 Å². The van der Waals surface area contributed by atoms with E-state index in [0.717, 1.165) is 18.1 Å². The summed E-state index contributed by atoms with van der Waals surface area (Å²) in [5.41, 5.74) is 0. The molecule has 0 radical (unpaired) electrons. The zero-order chi connectivity index (χ0) is 10.1. The summed E-state index contributed by atoms with van der Waals surface area (Å²) in [5.74, 6) is 0. The van der Waals surface area contributed by atoms with E-state index < -0.39 is 0 Å². The highest BCUT2D eigenvalue weighted by atomic mass is 32.1. The Morgan fingerprint density at radius 1 is 1.31 bits per heavy atom. The minimum Gasteiger partial charge on any atom is -0.379 e. The van der Waals surface area contributed by atoms with Gasteiger partial charge in [-0.2, -0.15) is 0 Å². The highest BCUT2D eigenvalue weighted by Crippen LogP contribution is 2.05. The largest absolute Gasteiger partial charge is 0.379 e. The van der Waals surface area contributed by atoms with E-state index in [1.165, 1.54) is 25.9 Å². The molecule has 0 amide bonds. The highest BCUT2D eigenvalue weighted by Gasteiger charge is 2.09. The van der Waals surface area contributed by atoms with Gasteiger partial charge in [0.25, 0.3) is 0 Å². The Hall–Kier alpha value is -0.150. The van der Waals surface area contributed by atoms with Crippen molar-refractivity contribution in [2.45, 2.75) is 33.6 Å². The summed E-state index contributed by atoms with van der Waals surface area (Å²) in [6.45, 7) is 10.6. The van der Waals surface area contributed by atoms with Crippen LogP contribution in [0.5, 0.6) is 0 Å². The minimum absolute atomic E-state index is 0.907. The van der Waals surface area contributed by atoms with Gasteiger partial charge in [-0.05, 0) is 32.9 Å². The summed E-state index contributed by atoms with van der Waals surface area (Å²) in [4.78, 5) is 3.38. The molecule has 3 heteroatoms. The van der Waals surface area contributed by atoms with Crippen LogP contribution in [0.15, 0.2) is 0 Å². The van der Waals surface area contributed by atoms with Crippen molar-refractivity contribution in [3.05, 3.63) is 0 Å². The van der Waals surface area contributed by atoms with Gasteiger partial charge in [0, 0.05) is 13.1 Å². The van der Waals surface area contributed by atoms with Crippen LogP contribution in [0.4, 0.5) is 0 Å². The lowest BCUT2D eigenvalue weighted by molar-refractivity contribution is 0.344. The predicted octanol–water partition coefficient (Wildman–Crippen LogP) is 2.05. The van der Waals surface area contributed by atoms with Crippen molar-refractivity contribution in [1.82, 2.24) is 10.2 Å². The Morgan fingerprint density at radius 2 is 1.85 bits per heavy atom. The van der Waals surface area contributed by atoms with Gasteiger partial charge < -0.3 is 10.2 Å². The first-order chi connectivity index (χ1) is 6.29. The molecule has 0 spiro atoms. The number of nitrogens with one attached hydrogen (secondary N) is 1. The first kappa shape index (κ1) is 12.8. The molecule has 0 saturated carbocycles. The molecule has 1 rings (SSSR count). The predicted molar refractivity (Wildman–Crippen MR) is 63.3 cm³/mol. The van der Waals surface area contributed by atoms with E-state index >= 15 is 0 Å². The third-order valence-corrected chi connectivity index (χ3v) is 2.14. The second-order valence-corrected chi connectivity index (χ2v) is 3.64. The summed E-state index contributed by atoms with van der Waals surface area (Å²) < 4.78 is 0. The maximum atomic E-state index is 4.91. The third kappa shape index (κ3) is 6.96. The Bertz CT molecular complexity index is 131. The molecular weight excluding hydrogens is 180 g/mol. The molecule has 0 unspecified atom stereocenters. The Kier molecular flexibility index (Phi) is 8.35. The first-order valence-corrected chi connectivity index (χ1v) is 5.66. The zero-order valence-electron chi connectivity index (χ0n) is 9.10. The molecule has 2 nitrogen and oxygen atoms in total. The molecule has 1 heterocycles. The van der Waals surface area contributed by atoms with E-state index in [-0.39, 0.29) is 0 Å². The normalized spacial score (nSPS) is 16.2. The highest BCUT2D eigenvalue weighted by molar-refractivity contribution is 7.80.